The van der Waals surface area contributed by atoms with Crippen molar-refractivity contribution in [3.05, 3.63) is 65.7 Å². The van der Waals surface area contributed by atoms with E-state index in [9.17, 15) is 18.4 Å². The van der Waals surface area contributed by atoms with Crippen molar-refractivity contribution in [3.63, 3.8) is 0 Å². The van der Waals surface area contributed by atoms with Crippen LogP contribution in [0.5, 0.6) is 0 Å². The molecule has 0 heterocycles. The lowest BCUT2D eigenvalue weighted by Gasteiger charge is -2.15. The van der Waals surface area contributed by atoms with Gasteiger partial charge < -0.3 is 0 Å². The Kier molecular flexibility index (Phi) is 4.49. The van der Waals surface area contributed by atoms with Crippen molar-refractivity contribution in [3.8, 4) is 0 Å². The fourth-order valence-corrected chi connectivity index (χ4v) is 1.73. The summed E-state index contributed by atoms with van der Waals surface area (Å²) in [6.07, 6.45) is 0. The zero-order valence-electron chi connectivity index (χ0n) is 10.5. The molecule has 3 amide bonds. The van der Waals surface area contributed by atoms with Crippen LogP contribution < -0.4 is 9.74 Å². The lowest BCUT2D eigenvalue weighted by Crippen LogP contribution is -2.38. The van der Waals surface area contributed by atoms with Crippen molar-refractivity contribution in [2.75, 3.05) is 4.42 Å². The van der Waals surface area contributed by atoms with Gasteiger partial charge in [-0.3, -0.25) is 10.1 Å². The van der Waals surface area contributed by atoms with E-state index in [-0.39, 0.29) is 5.56 Å². The molecule has 0 saturated heterocycles. The first-order valence-corrected chi connectivity index (χ1v) is 6.15. The van der Waals surface area contributed by atoms with Crippen LogP contribution in [-0.4, -0.2) is 11.9 Å². The van der Waals surface area contributed by atoms with Gasteiger partial charge >= 0.3 is 6.03 Å². The molecule has 0 radical (unpaired) electrons. The number of carbonyl (C=O) groups is 2. The molecule has 0 saturated carbocycles. The van der Waals surface area contributed by atoms with Crippen LogP contribution in [0.25, 0.3) is 0 Å². The van der Waals surface area contributed by atoms with Gasteiger partial charge in [0.05, 0.1) is 0 Å². The zero-order chi connectivity index (χ0) is 15.4. The van der Waals surface area contributed by atoms with Crippen molar-refractivity contribution in [2.24, 2.45) is 0 Å². The number of anilines is 1. The molecule has 0 aliphatic carbocycles. The van der Waals surface area contributed by atoms with Crippen molar-refractivity contribution in [1.82, 2.24) is 5.32 Å². The van der Waals surface area contributed by atoms with Gasteiger partial charge in [-0.2, -0.15) is 0 Å². The Hall–Kier alpha value is -2.47. The summed E-state index contributed by atoms with van der Waals surface area (Å²) in [6.45, 7) is 0. The number of imide groups is 1. The summed E-state index contributed by atoms with van der Waals surface area (Å²) in [5, 5.41) is 1.97. The van der Waals surface area contributed by atoms with E-state index < -0.39 is 29.3 Å². The SMILES string of the molecule is O=C(NC(=O)N(Cl)c1cccc(F)c1F)c1ccccc1. The van der Waals surface area contributed by atoms with Crippen LogP contribution in [0.1, 0.15) is 10.4 Å². The third kappa shape index (κ3) is 3.35. The largest absolute Gasteiger partial charge is 0.343 e. The maximum absolute atomic E-state index is 13.5. The number of hydrogen-bond acceptors (Lipinski definition) is 2. The van der Waals surface area contributed by atoms with Gasteiger partial charge in [0, 0.05) is 17.3 Å². The lowest BCUT2D eigenvalue weighted by atomic mass is 10.2. The number of benzene rings is 2. The number of urea groups is 1. The van der Waals surface area contributed by atoms with Gasteiger partial charge in [-0.15, -0.1) is 0 Å². The Morgan fingerprint density at radius 2 is 1.67 bits per heavy atom. The smallest absolute Gasteiger partial charge is 0.272 e. The molecule has 0 aliphatic rings. The average molecular weight is 311 g/mol. The molecule has 2 rings (SSSR count). The van der Waals surface area contributed by atoms with Crippen molar-refractivity contribution in [1.29, 1.82) is 0 Å². The second-order valence-electron chi connectivity index (χ2n) is 3.98. The Morgan fingerprint density at radius 3 is 2.33 bits per heavy atom. The molecule has 0 spiro atoms. The molecule has 1 N–H and O–H groups in total. The monoisotopic (exact) mass is 310 g/mol. The van der Waals surface area contributed by atoms with Crippen molar-refractivity contribution >= 4 is 29.4 Å². The highest BCUT2D eigenvalue weighted by Gasteiger charge is 2.21. The average Bonchev–Trinajstić information content (AvgIpc) is 2.50. The van der Waals surface area contributed by atoms with E-state index in [0.717, 1.165) is 12.1 Å². The van der Waals surface area contributed by atoms with Crippen LogP contribution >= 0.6 is 11.8 Å². The molecular formula is C14H9ClF2N2O2. The highest BCUT2D eigenvalue weighted by atomic mass is 35.5. The van der Waals surface area contributed by atoms with Gasteiger partial charge in [-0.1, -0.05) is 24.3 Å². The number of carbonyl (C=O) groups excluding carboxylic acids is 2. The van der Waals surface area contributed by atoms with E-state index >= 15 is 0 Å². The summed E-state index contributed by atoms with van der Waals surface area (Å²) in [7, 11) is 0. The van der Waals surface area contributed by atoms with E-state index in [4.69, 9.17) is 11.8 Å². The first-order chi connectivity index (χ1) is 10.0. The summed E-state index contributed by atoms with van der Waals surface area (Å²) < 4.78 is 26.9. The molecule has 2 aromatic carbocycles. The molecular weight excluding hydrogens is 302 g/mol. The van der Waals surface area contributed by atoms with E-state index in [0.29, 0.717) is 4.42 Å². The predicted octanol–water partition coefficient (Wildman–Crippen LogP) is 3.48. The van der Waals surface area contributed by atoms with Crippen molar-refractivity contribution in [2.45, 2.75) is 0 Å². The summed E-state index contributed by atoms with van der Waals surface area (Å²) in [5.74, 6) is -3.14. The minimum atomic E-state index is -1.28. The molecule has 0 unspecified atom stereocenters. The molecule has 108 valence electrons. The van der Waals surface area contributed by atoms with E-state index in [2.05, 4.69) is 0 Å². The fourth-order valence-electron chi connectivity index (χ4n) is 1.56. The van der Waals surface area contributed by atoms with Crippen molar-refractivity contribution < 1.29 is 18.4 Å². The van der Waals surface area contributed by atoms with Crippen LogP contribution in [0.4, 0.5) is 19.3 Å². The van der Waals surface area contributed by atoms with Gasteiger partial charge in [-0.25, -0.2) is 18.0 Å². The summed E-state index contributed by atoms with van der Waals surface area (Å²) >= 11 is 5.63. The van der Waals surface area contributed by atoms with E-state index in [1.807, 2.05) is 5.32 Å². The standard InChI is InChI=1S/C14H9ClF2N2O2/c15-19(11-8-4-7-10(16)12(11)17)14(21)18-13(20)9-5-2-1-3-6-9/h1-8H,(H,18,20,21). The maximum Gasteiger partial charge on any atom is 0.343 e. The van der Waals surface area contributed by atoms with Gasteiger partial charge in [0.15, 0.2) is 11.6 Å². The molecule has 2 aromatic rings. The number of amides is 3. The number of nitrogens with zero attached hydrogens (tertiary/aromatic N) is 1. The van der Waals surface area contributed by atoms with Crippen LogP contribution in [0.3, 0.4) is 0 Å². The quantitative estimate of drug-likeness (QED) is 0.863. The molecule has 7 heteroatoms. The summed E-state index contributed by atoms with van der Waals surface area (Å²) in [6, 6.07) is 10.0. The number of nitrogens with one attached hydrogen (secondary N) is 1. The highest BCUT2D eigenvalue weighted by Crippen LogP contribution is 2.23. The second-order valence-corrected chi connectivity index (χ2v) is 4.32. The van der Waals surface area contributed by atoms with Gasteiger partial charge in [0.25, 0.3) is 5.91 Å². The Morgan fingerprint density at radius 1 is 1.00 bits per heavy atom. The zero-order valence-corrected chi connectivity index (χ0v) is 11.3. The van der Waals surface area contributed by atoms with Crippen LogP contribution in [0, 0.1) is 11.6 Å². The van der Waals surface area contributed by atoms with Crippen LogP contribution in [0.15, 0.2) is 48.5 Å². The van der Waals surface area contributed by atoms with E-state index in [1.165, 1.54) is 18.2 Å². The first-order valence-electron chi connectivity index (χ1n) is 5.81. The Labute approximate surface area is 124 Å². The molecule has 0 bridgehead atoms. The normalized spacial score (nSPS) is 10.0. The van der Waals surface area contributed by atoms with Crippen LogP contribution in [0.2, 0.25) is 0 Å². The predicted molar refractivity (Wildman–Crippen MR) is 74.0 cm³/mol. The first kappa shape index (κ1) is 14.9. The third-order valence-electron chi connectivity index (χ3n) is 2.58. The summed E-state index contributed by atoms with van der Waals surface area (Å²) in [5.41, 5.74) is -0.259. The lowest BCUT2D eigenvalue weighted by molar-refractivity contribution is 0.0966. The number of hydrogen-bond donors (Lipinski definition) is 1. The fraction of sp³-hybridized carbons (Fsp3) is 0. The van der Waals surface area contributed by atoms with Crippen LogP contribution in [-0.2, 0) is 0 Å². The molecule has 21 heavy (non-hydrogen) atoms. The third-order valence-corrected chi connectivity index (χ3v) is 2.91. The molecule has 0 aliphatic heterocycles. The molecule has 0 fully saturated rings. The highest BCUT2D eigenvalue weighted by molar-refractivity contribution is 6.37. The summed E-state index contributed by atoms with van der Waals surface area (Å²) in [4.78, 5) is 23.5. The molecule has 4 nitrogen and oxygen atoms in total. The topological polar surface area (TPSA) is 49.4 Å². The van der Waals surface area contributed by atoms with Gasteiger partial charge in [0.2, 0.25) is 0 Å². The minimum Gasteiger partial charge on any atom is -0.272 e. The molecule has 0 aromatic heterocycles. The minimum absolute atomic E-state index is 0.232. The Balaban J connectivity index is 2.13. The second kappa shape index (κ2) is 6.32. The number of halogens is 3. The Bertz CT molecular complexity index is 680. The number of rotatable bonds is 2. The van der Waals surface area contributed by atoms with Gasteiger partial charge in [0.1, 0.15) is 5.69 Å². The van der Waals surface area contributed by atoms with Gasteiger partial charge in [-0.05, 0) is 24.3 Å². The maximum atomic E-state index is 13.5. The van der Waals surface area contributed by atoms with E-state index in [1.54, 1.807) is 18.2 Å². The molecule has 0 atom stereocenters.